The van der Waals surface area contributed by atoms with Gasteiger partial charge in [0.25, 0.3) is 0 Å². The first-order chi connectivity index (χ1) is 73.7. The van der Waals surface area contributed by atoms with Crippen molar-refractivity contribution in [3.05, 3.63) is 504 Å². The van der Waals surface area contributed by atoms with Crippen LogP contribution in [0.4, 0.5) is 0 Å². The van der Waals surface area contributed by atoms with Gasteiger partial charge in [-0.25, -0.2) is 44.9 Å². The average molecular weight is 1910 g/mol. The predicted octanol–water partition coefficient (Wildman–Crippen LogP) is 35.8. The fourth-order valence-corrected chi connectivity index (χ4v) is 20.1. The molecule has 0 saturated carbocycles. The molecule has 29 aromatic rings. The Balaban J connectivity index is 0.000000110. The fourth-order valence-electron chi connectivity index (χ4n) is 20.1. The maximum Gasteiger partial charge on any atom is 0.164 e. The smallest absolute Gasteiger partial charge is 0.164 e. The molecule has 8 aromatic heterocycles. The first-order valence-corrected chi connectivity index (χ1v) is 49.5. The summed E-state index contributed by atoms with van der Waals surface area (Å²) < 4.78 is 31.0. The second-order valence-electron chi connectivity index (χ2n) is 37.0. The number of nitrogens with zero attached hydrogens (tertiary/aromatic N) is 9. The summed E-state index contributed by atoms with van der Waals surface area (Å²) in [4.78, 5) is 45.1. The summed E-state index contributed by atoms with van der Waals surface area (Å²) in [5.41, 5.74) is 32.2. The van der Waals surface area contributed by atoms with Crippen LogP contribution in [0.1, 0.15) is 0 Å². The highest BCUT2D eigenvalue weighted by Gasteiger charge is 2.24. The number of para-hydroxylation sites is 5. The second-order valence-corrected chi connectivity index (χ2v) is 37.0. The van der Waals surface area contributed by atoms with Gasteiger partial charge in [0.05, 0.1) is 0 Å². The van der Waals surface area contributed by atoms with Crippen molar-refractivity contribution in [1.29, 1.82) is 0 Å². The predicted molar refractivity (Wildman–Crippen MR) is 603 cm³/mol. The van der Waals surface area contributed by atoms with Gasteiger partial charge in [0, 0.05) is 104 Å². The number of benzene rings is 21. The van der Waals surface area contributed by atoms with Crippen molar-refractivity contribution in [3.63, 3.8) is 0 Å². The molecule has 149 heavy (non-hydrogen) atoms. The van der Waals surface area contributed by atoms with Gasteiger partial charge in [-0.1, -0.05) is 376 Å². The summed E-state index contributed by atoms with van der Waals surface area (Å²) in [6.07, 6.45) is 0. The normalized spacial score (nSPS) is 11.5. The molecule has 0 aliphatic heterocycles. The molecule has 0 spiro atoms. The van der Waals surface area contributed by atoms with Crippen molar-refractivity contribution >= 4 is 110 Å². The molecule has 0 unspecified atom stereocenters. The second kappa shape index (κ2) is 37.8. The third-order valence-corrected chi connectivity index (χ3v) is 27.6. The van der Waals surface area contributed by atoms with Gasteiger partial charge >= 0.3 is 0 Å². The maximum absolute atomic E-state index is 6.26. The van der Waals surface area contributed by atoms with Gasteiger partial charge in [0.1, 0.15) is 55.8 Å². The molecule has 0 saturated heterocycles. The van der Waals surface area contributed by atoms with Crippen LogP contribution in [0, 0.1) is 0 Å². The molecule has 0 fully saturated rings. The van der Waals surface area contributed by atoms with Gasteiger partial charge in [0.2, 0.25) is 0 Å². The van der Waals surface area contributed by atoms with Gasteiger partial charge < -0.3 is 22.1 Å². The molecule has 0 bridgehead atoms. The third kappa shape index (κ3) is 17.3. The molecule has 14 heteroatoms. The maximum atomic E-state index is 6.26. The Kier molecular flexibility index (Phi) is 22.3. The minimum Gasteiger partial charge on any atom is -0.456 e. The minimum absolute atomic E-state index is 0.584. The van der Waals surface area contributed by atoms with Crippen molar-refractivity contribution < 1.29 is 22.1 Å². The van der Waals surface area contributed by atoms with Gasteiger partial charge in [0.15, 0.2) is 52.4 Å². The SMILES string of the molecule is c1ccc(-c2ccc(-c3nc(-c4cc(-c5ccccc5)cc(-c5ccccc5)c4)nc(-c4ccc5c(c4)oc4ccccc45)n3)cc2)cc1.c1ccc(-c2nc(-c3ccc(-c4cccc(-c5ccc6c(c5)oc5ccccc56)c4)cc3)nc(-c3ccc4c(c3)oc3ccccc34)n2)cc1.c1ccc(-c2nc(-c3cccc(-c4cccc(-c5ccc6c(c5)oc5ccccc56)c4)c3)nc(-c3ccc4c(c3)oc3ccccc34)n2)cc1. The number of rotatable bonds is 16. The van der Waals surface area contributed by atoms with Crippen LogP contribution in [-0.4, -0.2) is 44.9 Å². The summed E-state index contributed by atoms with van der Waals surface area (Å²) in [7, 11) is 0. The Hall–Kier alpha value is -20.4. The van der Waals surface area contributed by atoms with Gasteiger partial charge in [-0.2, -0.15) is 0 Å². The van der Waals surface area contributed by atoms with Crippen LogP contribution in [0.15, 0.2) is 526 Å². The zero-order valence-electron chi connectivity index (χ0n) is 80.0. The minimum atomic E-state index is 0.584. The Morgan fingerprint density at radius 3 is 0.530 bits per heavy atom. The van der Waals surface area contributed by atoms with Crippen LogP contribution in [-0.2, 0) is 0 Å². The van der Waals surface area contributed by atoms with E-state index in [1.165, 1.54) is 0 Å². The van der Waals surface area contributed by atoms with Gasteiger partial charge in [-0.15, -0.1) is 0 Å². The third-order valence-electron chi connectivity index (χ3n) is 27.6. The zero-order valence-corrected chi connectivity index (χ0v) is 80.0. The Morgan fingerprint density at radius 1 is 0.0872 bits per heavy atom. The lowest BCUT2D eigenvalue weighted by molar-refractivity contribution is 0.668. The van der Waals surface area contributed by atoms with E-state index in [1.807, 2.05) is 188 Å². The zero-order chi connectivity index (χ0) is 98.6. The Bertz CT molecular complexity index is 10100. The summed E-state index contributed by atoms with van der Waals surface area (Å²) >= 11 is 0. The molecule has 14 nitrogen and oxygen atoms in total. The highest BCUT2D eigenvalue weighted by atomic mass is 16.3. The van der Waals surface area contributed by atoms with Crippen LogP contribution in [0.2, 0.25) is 0 Å². The lowest BCUT2D eigenvalue weighted by Gasteiger charge is -2.12. The van der Waals surface area contributed by atoms with E-state index in [0.29, 0.717) is 52.4 Å². The van der Waals surface area contributed by atoms with Crippen molar-refractivity contribution in [1.82, 2.24) is 44.9 Å². The average Bonchev–Trinajstić information content (AvgIpc) is 1.73. The van der Waals surface area contributed by atoms with Crippen molar-refractivity contribution in [2.24, 2.45) is 0 Å². The topological polar surface area (TPSA) is 182 Å². The molecule has 8 heterocycles. The fraction of sp³-hybridized carbons (Fsp3) is 0. The van der Waals surface area contributed by atoms with Crippen LogP contribution >= 0.6 is 0 Å². The van der Waals surface area contributed by atoms with Gasteiger partial charge in [-0.05, 0) is 205 Å². The number of hydrogen-bond acceptors (Lipinski definition) is 14. The summed E-state index contributed by atoms with van der Waals surface area (Å²) in [5.74, 6) is 5.42. The molecular weight excluding hydrogens is 1830 g/mol. The van der Waals surface area contributed by atoms with E-state index in [2.05, 4.69) is 315 Å². The van der Waals surface area contributed by atoms with Crippen molar-refractivity contribution in [3.8, 4) is 180 Å². The Labute approximate surface area is 854 Å². The van der Waals surface area contributed by atoms with E-state index in [1.54, 1.807) is 0 Å². The molecule has 0 aliphatic rings. The molecule has 0 N–H and O–H groups in total. The standard InChI is InChI=1S/2C45H27N3O2.C45H29N3O/c1-2-10-28(11-3-1)43-46-44(48-45(47-43)34-21-23-38-36-17-5-7-19-40(36)50-42(38)27-34)33-15-9-14-31(25-33)29-12-8-13-30(24-29)32-20-22-37-35-16-4-6-18-39(35)49-41(37)26-32;1-2-9-29(10-3-1)43-46-44(48-45(47-43)34-22-24-38-36-14-5-7-16-40(36)50-42(38)27-34)30-19-17-28(18-20-30)31-11-8-12-32(25-31)33-21-23-37-35-13-4-6-15-39(35)49-41(37)26-33;1-4-12-30(13-5-1)33-20-22-34(23-21-33)43-46-44(35-24-25-40-39-18-10-11-19-41(39)49-42(40)29-35)48-45(47-43)38-27-36(31-14-6-2-7-15-31)26-37(28-38)32-16-8-3-9-17-32/h2*1-27H;1-29H. The van der Waals surface area contributed by atoms with Crippen LogP contribution < -0.4 is 0 Å². The van der Waals surface area contributed by atoms with E-state index >= 15 is 0 Å². The molecule has 0 atom stereocenters. The van der Waals surface area contributed by atoms with E-state index < -0.39 is 0 Å². The van der Waals surface area contributed by atoms with Crippen molar-refractivity contribution in [2.45, 2.75) is 0 Å². The quantitative estimate of drug-likeness (QED) is 0.0891. The Morgan fingerprint density at radius 2 is 0.235 bits per heavy atom. The first kappa shape index (κ1) is 87.6. The van der Waals surface area contributed by atoms with Crippen molar-refractivity contribution in [2.75, 3.05) is 0 Å². The summed E-state index contributed by atoms with van der Waals surface area (Å²) in [6, 6.07) is 172. The monoisotopic (exact) mass is 1910 g/mol. The summed E-state index contributed by atoms with van der Waals surface area (Å²) in [6.45, 7) is 0. The van der Waals surface area contributed by atoms with E-state index in [9.17, 15) is 0 Å². The molecule has 698 valence electrons. The highest BCUT2D eigenvalue weighted by Crippen LogP contribution is 2.44. The lowest BCUT2D eigenvalue weighted by atomic mass is 9.96. The van der Waals surface area contributed by atoms with E-state index in [0.717, 1.165) is 238 Å². The summed E-state index contributed by atoms with van der Waals surface area (Å²) in [5, 5.41) is 11.0. The van der Waals surface area contributed by atoms with Crippen LogP contribution in [0.5, 0.6) is 0 Å². The largest absolute Gasteiger partial charge is 0.456 e. The number of fused-ring (bicyclic) bond motifs is 15. The molecule has 0 radical (unpaired) electrons. The van der Waals surface area contributed by atoms with E-state index in [-0.39, 0.29) is 0 Å². The number of aromatic nitrogens is 9. The number of hydrogen-bond donors (Lipinski definition) is 0. The number of furan rings is 5. The highest BCUT2D eigenvalue weighted by molar-refractivity contribution is 6.10. The van der Waals surface area contributed by atoms with Crippen LogP contribution in [0.25, 0.3) is 290 Å². The lowest BCUT2D eigenvalue weighted by Crippen LogP contribution is -2.00. The first-order valence-electron chi connectivity index (χ1n) is 49.5. The van der Waals surface area contributed by atoms with E-state index in [4.69, 9.17) is 66.9 Å². The molecule has 0 aliphatic carbocycles. The molecule has 21 aromatic carbocycles. The van der Waals surface area contributed by atoms with Gasteiger partial charge in [-0.3, -0.25) is 0 Å². The molecule has 0 amide bonds. The molecular formula is C135H83N9O5. The molecule has 29 rings (SSSR count). The van der Waals surface area contributed by atoms with Crippen LogP contribution in [0.3, 0.4) is 0 Å².